The van der Waals surface area contributed by atoms with Gasteiger partial charge in [-0.1, -0.05) is 6.92 Å². The predicted molar refractivity (Wildman–Crippen MR) is 99.9 cm³/mol. The molecule has 6 nitrogen and oxygen atoms in total. The number of carbonyl (C=O) groups is 2. The lowest BCUT2D eigenvalue weighted by Gasteiger charge is -2.32. The summed E-state index contributed by atoms with van der Waals surface area (Å²) >= 11 is 5.99. The van der Waals surface area contributed by atoms with Crippen LogP contribution < -0.4 is 0 Å². The number of carbonyl (C=O) groups excluding carboxylic acids is 2. The molecular weight excluding hydrogens is 356 g/mol. The molecule has 2 heterocycles. The van der Waals surface area contributed by atoms with Crippen molar-refractivity contribution in [3.05, 3.63) is 24.2 Å². The van der Waals surface area contributed by atoms with Crippen LogP contribution in [-0.2, 0) is 20.9 Å². The Labute approximate surface area is 160 Å². The van der Waals surface area contributed by atoms with Gasteiger partial charge >= 0.3 is 0 Å². The van der Waals surface area contributed by atoms with Crippen LogP contribution in [0.5, 0.6) is 0 Å². The zero-order valence-electron chi connectivity index (χ0n) is 15.8. The van der Waals surface area contributed by atoms with Gasteiger partial charge in [0.1, 0.15) is 17.7 Å². The maximum Gasteiger partial charge on any atom is 0.242 e. The molecule has 1 saturated heterocycles. The molecule has 146 valence electrons. The number of amides is 2. The Morgan fingerprint density at radius 2 is 2.15 bits per heavy atom. The van der Waals surface area contributed by atoms with E-state index in [2.05, 4.69) is 0 Å². The summed E-state index contributed by atoms with van der Waals surface area (Å²) in [5.41, 5.74) is 0. The zero-order valence-corrected chi connectivity index (χ0v) is 16.6. The lowest BCUT2D eigenvalue weighted by molar-refractivity contribution is -0.143. The van der Waals surface area contributed by atoms with Crippen molar-refractivity contribution >= 4 is 23.4 Å². The summed E-state index contributed by atoms with van der Waals surface area (Å²) in [6.07, 6.45) is 4.33. The summed E-state index contributed by atoms with van der Waals surface area (Å²) < 4.78 is 11.1. The van der Waals surface area contributed by atoms with Gasteiger partial charge in [0.05, 0.1) is 18.9 Å². The van der Waals surface area contributed by atoms with E-state index in [4.69, 9.17) is 20.8 Å². The highest BCUT2D eigenvalue weighted by atomic mass is 35.5. The minimum atomic E-state index is -0.659. The second kappa shape index (κ2) is 9.97. The first kappa shape index (κ1) is 20.8. The van der Waals surface area contributed by atoms with Gasteiger partial charge in [0.25, 0.3) is 0 Å². The molecule has 0 N–H and O–H groups in total. The Hall–Kier alpha value is -1.53. The third kappa shape index (κ3) is 5.74. The summed E-state index contributed by atoms with van der Waals surface area (Å²) in [7, 11) is 0. The van der Waals surface area contributed by atoms with Crippen LogP contribution in [0.3, 0.4) is 0 Å². The number of rotatable bonds is 9. The van der Waals surface area contributed by atoms with Crippen LogP contribution in [0.25, 0.3) is 0 Å². The predicted octanol–water partition coefficient (Wildman–Crippen LogP) is 3.04. The molecular formula is C19H29ClN2O4. The van der Waals surface area contributed by atoms with Gasteiger partial charge in [0.2, 0.25) is 11.8 Å². The minimum absolute atomic E-state index is 0.0122. The van der Waals surface area contributed by atoms with Crippen molar-refractivity contribution in [1.82, 2.24) is 9.80 Å². The molecule has 1 fully saturated rings. The summed E-state index contributed by atoms with van der Waals surface area (Å²) in [5.74, 6) is 0.371. The van der Waals surface area contributed by atoms with E-state index in [1.807, 2.05) is 19.9 Å². The Bertz CT molecular complexity index is 570. The summed E-state index contributed by atoms with van der Waals surface area (Å²) in [6, 6.07) is 3.59. The standard InChI is InChI=1S/C19H29ClN2O4/c1-4-14(2)22(19(24)15(3)20)13-18(23)21(11-16-7-5-9-25-16)12-17-8-6-10-26-17/h5,7,9,14-15,17H,4,6,8,10-13H2,1-3H3/t14-,15-,17-/m1/s1. The van der Waals surface area contributed by atoms with Crippen LogP contribution in [0.4, 0.5) is 0 Å². The molecule has 1 aliphatic heterocycles. The van der Waals surface area contributed by atoms with Crippen LogP contribution in [0, 0.1) is 0 Å². The fourth-order valence-electron chi connectivity index (χ4n) is 3.02. The average Bonchev–Trinajstić information content (AvgIpc) is 3.31. The highest BCUT2D eigenvalue weighted by molar-refractivity contribution is 6.30. The van der Waals surface area contributed by atoms with Crippen LogP contribution >= 0.6 is 11.6 Å². The van der Waals surface area contributed by atoms with Gasteiger partial charge in [-0.15, -0.1) is 11.6 Å². The normalized spacial score (nSPS) is 19.2. The SMILES string of the molecule is CC[C@@H](C)N(CC(=O)N(Cc1ccco1)C[C@H]1CCCO1)C(=O)[C@@H](C)Cl. The molecule has 1 aromatic rings. The molecule has 0 saturated carbocycles. The monoisotopic (exact) mass is 384 g/mol. The second-order valence-electron chi connectivity index (χ2n) is 6.83. The fourth-order valence-corrected chi connectivity index (χ4v) is 3.15. The van der Waals surface area contributed by atoms with Crippen molar-refractivity contribution in [2.45, 2.75) is 64.1 Å². The smallest absolute Gasteiger partial charge is 0.242 e. The molecule has 26 heavy (non-hydrogen) atoms. The lowest BCUT2D eigenvalue weighted by atomic mass is 10.2. The Balaban J connectivity index is 2.10. The molecule has 7 heteroatoms. The van der Waals surface area contributed by atoms with E-state index in [1.165, 1.54) is 0 Å². The number of nitrogens with zero attached hydrogens (tertiary/aromatic N) is 2. The quantitative estimate of drug-likeness (QED) is 0.614. The molecule has 0 aromatic carbocycles. The average molecular weight is 385 g/mol. The molecule has 1 aromatic heterocycles. The van der Waals surface area contributed by atoms with Crippen LogP contribution in [0.1, 0.15) is 45.8 Å². The second-order valence-corrected chi connectivity index (χ2v) is 7.48. The third-order valence-electron chi connectivity index (χ3n) is 4.78. The largest absolute Gasteiger partial charge is 0.467 e. The third-order valence-corrected chi connectivity index (χ3v) is 4.97. The first-order valence-corrected chi connectivity index (χ1v) is 9.72. The molecule has 0 bridgehead atoms. The molecule has 2 rings (SSSR count). The lowest BCUT2D eigenvalue weighted by Crippen LogP contribution is -2.49. The van der Waals surface area contributed by atoms with Crippen molar-refractivity contribution < 1.29 is 18.7 Å². The number of furan rings is 1. The van der Waals surface area contributed by atoms with Crippen LogP contribution in [0.2, 0.25) is 0 Å². The van der Waals surface area contributed by atoms with Crippen molar-refractivity contribution in [2.75, 3.05) is 19.7 Å². The van der Waals surface area contributed by atoms with Gasteiger partial charge in [-0.3, -0.25) is 9.59 Å². The van der Waals surface area contributed by atoms with Gasteiger partial charge in [0, 0.05) is 19.2 Å². The molecule has 1 aliphatic rings. The highest BCUT2D eigenvalue weighted by Gasteiger charge is 2.29. The van der Waals surface area contributed by atoms with E-state index in [0.29, 0.717) is 18.8 Å². The van der Waals surface area contributed by atoms with Gasteiger partial charge in [0.15, 0.2) is 0 Å². The fraction of sp³-hybridized carbons (Fsp3) is 0.684. The molecule has 0 spiro atoms. The molecule has 0 radical (unpaired) electrons. The van der Waals surface area contributed by atoms with E-state index in [9.17, 15) is 9.59 Å². The van der Waals surface area contributed by atoms with Crippen LogP contribution in [0.15, 0.2) is 22.8 Å². The van der Waals surface area contributed by atoms with Gasteiger partial charge in [-0.25, -0.2) is 0 Å². The van der Waals surface area contributed by atoms with Crippen molar-refractivity contribution in [3.63, 3.8) is 0 Å². The number of hydrogen-bond acceptors (Lipinski definition) is 4. The van der Waals surface area contributed by atoms with Crippen molar-refractivity contribution in [2.24, 2.45) is 0 Å². The summed E-state index contributed by atoms with van der Waals surface area (Å²) in [5, 5.41) is -0.659. The summed E-state index contributed by atoms with van der Waals surface area (Å²) in [6.45, 7) is 7.16. The van der Waals surface area contributed by atoms with E-state index < -0.39 is 5.38 Å². The van der Waals surface area contributed by atoms with Gasteiger partial charge in [-0.2, -0.15) is 0 Å². The zero-order chi connectivity index (χ0) is 19.1. The number of ether oxygens (including phenoxy) is 1. The number of alkyl halides is 1. The number of halogens is 1. The van der Waals surface area contributed by atoms with Gasteiger partial charge in [-0.05, 0) is 45.2 Å². The first-order valence-electron chi connectivity index (χ1n) is 9.28. The first-order chi connectivity index (χ1) is 12.4. The molecule has 3 atom stereocenters. The highest BCUT2D eigenvalue weighted by Crippen LogP contribution is 2.17. The Kier molecular flexibility index (Phi) is 7.97. The minimum Gasteiger partial charge on any atom is -0.467 e. The topological polar surface area (TPSA) is 63.0 Å². The Morgan fingerprint density at radius 3 is 2.69 bits per heavy atom. The Morgan fingerprint density at radius 1 is 1.38 bits per heavy atom. The van der Waals surface area contributed by atoms with Crippen molar-refractivity contribution in [3.8, 4) is 0 Å². The molecule has 2 amide bonds. The summed E-state index contributed by atoms with van der Waals surface area (Å²) in [4.78, 5) is 28.7. The maximum atomic E-state index is 13.0. The van der Waals surface area contributed by atoms with Crippen molar-refractivity contribution in [1.29, 1.82) is 0 Å². The number of hydrogen-bond donors (Lipinski definition) is 0. The molecule has 0 unspecified atom stereocenters. The van der Waals surface area contributed by atoms with Crippen LogP contribution in [-0.4, -0.2) is 58.8 Å². The maximum absolute atomic E-state index is 13.0. The molecule has 0 aliphatic carbocycles. The van der Waals surface area contributed by atoms with E-state index in [0.717, 1.165) is 25.9 Å². The van der Waals surface area contributed by atoms with Gasteiger partial charge < -0.3 is 19.0 Å². The van der Waals surface area contributed by atoms with E-state index >= 15 is 0 Å². The van der Waals surface area contributed by atoms with E-state index in [1.54, 1.807) is 29.1 Å². The van der Waals surface area contributed by atoms with E-state index in [-0.39, 0.29) is 30.5 Å².